The maximum absolute atomic E-state index is 13.1. The minimum atomic E-state index is -4.58. The fourth-order valence-electron chi connectivity index (χ4n) is 11.7. The van der Waals surface area contributed by atoms with Gasteiger partial charge >= 0.3 is 0 Å². The van der Waals surface area contributed by atoms with Crippen LogP contribution in [0.4, 0.5) is 0 Å². The van der Waals surface area contributed by atoms with E-state index in [-0.39, 0.29) is 19.1 Å². The van der Waals surface area contributed by atoms with Crippen LogP contribution in [-0.2, 0) is 18.4 Å². The van der Waals surface area contributed by atoms with Crippen LogP contribution in [-0.4, -0.2) is 68.5 Å². The third kappa shape index (κ3) is 65.1. The highest BCUT2D eigenvalue weighted by Gasteiger charge is 2.24. The van der Waals surface area contributed by atoms with Crippen molar-refractivity contribution in [1.82, 2.24) is 5.32 Å². The molecule has 0 aromatic heterocycles. The fraction of sp³-hybridized carbons (Fsp3) is 0.986. The fourth-order valence-corrected chi connectivity index (χ4v) is 12.4. The highest BCUT2D eigenvalue weighted by Crippen LogP contribution is 2.38. The zero-order valence-corrected chi connectivity index (χ0v) is 56.0. The smallest absolute Gasteiger partial charge is 0.268 e. The average Bonchev–Trinajstić information content (AvgIpc) is 3.42. The van der Waals surface area contributed by atoms with E-state index >= 15 is 0 Å². The van der Waals surface area contributed by atoms with Gasteiger partial charge in [-0.1, -0.05) is 380 Å². The van der Waals surface area contributed by atoms with Crippen molar-refractivity contribution in [3.05, 3.63) is 0 Å². The summed E-state index contributed by atoms with van der Waals surface area (Å²) in [4.78, 5) is 25.7. The molecule has 0 aromatic carbocycles. The lowest BCUT2D eigenvalue weighted by Crippen LogP contribution is -2.46. The molecule has 0 bridgehead atoms. The minimum Gasteiger partial charge on any atom is -0.756 e. The quantitative estimate of drug-likeness (QED) is 0.0357. The van der Waals surface area contributed by atoms with Crippen molar-refractivity contribution in [2.45, 2.75) is 411 Å². The number of phosphoric acid groups is 1. The minimum absolute atomic E-state index is 0.0170. The number of nitrogens with one attached hydrogen (secondary N) is 1. The summed E-state index contributed by atoms with van der Waals surface area (Å²) >= 11 is 0. The van der Waals surface area contributed by atoms with Crippen molar-refractivity contribution in [3.63, 3.8) is 0 Å². The molecule has 9 heteroatoms. The van der Waals surface area contributed by atoms with Crippen LogP contribution in [0, 0.1) is 0 Å². The van der Waals surface area contributed by atoms with Gasteiger partial charge in [-0.3, -0.25) is 9.36 Å². The van der Waals surface area contributed by atoms with Crippen molar-refractivity contribution in [1.29, 1.82) is 0 Å². The van der Waals surface area contributed by atoms with Crippen LogP contribution < -0.4 is 10.2 Å². The van der Waals surface area contributed by atoms with Gasteiger partial charge in [0.25, 0.3) is 7.82 Å². The van der Waals surface area contributed by atoms with E-state index in [9.17, 15) is 19.4 Å². The van der Waals surface area contributed by atoms with Gasteiger partial charge in [0.05, 0.1) is 39.9 Å². The summed E-state index contributed by atoms with van der Waals surface area (Å²) in [7, 11) is 1.33. The van der Waals surface area contributed by atoms with Gasteiger partial charge in [-0.2, -0.15) is 0 Å². The molecule has 8 nitrogen and oxygen atoms in total. The Bertz CT molecular complexity index is 1260. The first-order chi connectivity index (χ1) is 39.0. The van der Waals surface area contributed by atoms with Crippen LogP contribution in [0.2, 0.25) is 0 Å². The lowest BCUT2D eigenvalue weighted by molar-refractivity contribution is -0.870. The van der Waals surface area contributed by atoms with Crippen molar-refractivity contribution in [2.24, 2.45) is 0 Å². The van der Waals surface area contributed by atoms with Crippen molar-refractivity contribution >= 4 is 13.7 Å². The molecule has 80 heavy (non-hydrogen) atoms. The Morgan fingerprint density at radius 3 is 0.850 bits per heavy atom. The second-order valence-corrected chi connectivity index (χ2v) is 28.1. The molecular formula is C71H145N2O6P. The highest BCUT2D eigenvalue weighted by atomic mass is 31.2. The number of aliphatic hydroxyl groups excluding tert-OH is 1. The van der Waals surface area contributed by atoms with E-state index in [0.29, 0.717) is 23.9 Å². The van der Waals surface area contributed by atoms with Crippen LogP contribution in [0.25, 0.3) is 0 Å². The third-order valence-electron chi connectivity index (χ3n) is 17.3. The SMILES string of the molecule is CCCCCCCCCCCCCCCCCCCCCCCCCCCCCCCCCCCCC(=O)NC(COP(=O)([O-])OCC[N+](C)(C)C)C(O)CCCCCCCCCCCCCCCCCCCCCCCCCC. The van der Waals surface area contributed by atoms with Crippen LogP contribution in [0.3, 0.4) is 0 Å². The van der Waals surface area contributed by atoms with E-state index in [1.54, 1.807) is 0 Å². The van der Waals surface area contributed by atoms with Crippen LogP contribution >= 0.6 is 7.82 Å². The zero-order chi connectivity index (χ0) is 58.4. The van der Waals surface area contributed by atoms with Gasteiger partial charge in [0, 0.05) is 6.42 Å². The van der Waals surface area contributed by atoms with Crippen LogP contribution in [0.1, 0.15) is 399 Å². The number of carbonyl (C=O) groups is 1. The number of hydrogen-bond acceptors (Lipinski definition) is 6. The van der Waals surface area contributed by atoms with E-state index in [4.69, 9.17) is 9.05 Å². The van der Waals surface area contributed by atoms with Gasteiger partial charge < -0.3 is 28.8 Å². The van der Waals surface area contributed by atoms with Gasteiger partial charge in [-0.15, -0.1) is 0 Å². The summed E-state index contributed by atoms with van der Waals surface area (Å²) in [6, 6.07) is -0.797. The molecule has 0 aromatic rings. The van der Waals surface area contributed by atoms with Crippen LogP contribution in [0.5, 0.6) is 0 Å². The molecule has 480 valence electrons. The topological polar surface area (TPSA) is 108 Å². The maximum atomic E-state index is 13.1. The molecule has 0 heterocycles. The molecule has 0 saturated carbocycles. The van der Waals surface area contributed by atoms with E-state index in [1.165, 1.54) is 334 Å². The molecule has 0 aliphatic carbocycles. The summed E-state index contributed by atoms with van der Waals surface area (Å²) < 4.78 is 23.6. The maximum Gasteiger partial charge on any atom is 0.268 e. The largest absolute Gasteiger partial charge is 0.756 e. The molecule has 0 aliphatic heterocycles. The van der Waals surface area contributed by atoms with Crippen molar-refractivity contribution in [2.75, 3.05) is 40.9 Å². The summed E-state index contributed by atoms with van der Waals surface area (Å²) in [5.41, 5.74) is 0. The number of amides is 1. The van der Waals surface area contributed by atoms with E-state index in [1.807, 2.05) is 21.1 Å². The first-order valence-corrected chi connectivity index (χ1v) is 37.8. The molecule has 3 unspecified atom stereocenters. The number of hydrogen-bond donors (Lipinski definition) is 2. The van der Waals surface area contributed by atoms with E-state index in [2.05, 4.69) is 19.2 Å². The lowest BCUT2D eigenvalue weighted by atomic mass is 10.0. The molecule has 3 atom stereocenters. The average molecular weight is 1150 g/mol. The molecule has 0 aliphatic rings. The number of likely N-dealkylation sites (N-methyl/N-ethyl adjacent to an activating group) is 1. The molecule has 0 fully saturated rings. The second kappa shape index (κ2) is 63.0. The van der Waals surface area contributed by atoms with Crippen molar-refractivity contribution in [3.8, 4) is 0 Å². The normalized spacial score (nSPS) is 13.5. The Labute approximate surface area is 501 Å². The number of phosphoric ester groups is 1. The summed E-state index contributed by atoms with van der Waals surface area (Å²) in [5.74, 6) is -0.153. The van der Waals surface area contributed by atoms with E-state index < -0.39 is 20.0 Å². The van der Waals surface area contributed by atoms with Gasteiger partial charge in [0.1, 0.15) is 13.2 Å². The summed E-state index contributed by atoms with van der Waals surface area (Å²) in [6.07, 6.45) is 79.1. The van der Waals surface area contributed by atoms with Gasteiger partial charge in [0.15, 0.2) is 0 Å². The first kappa shape index (κ1) is 79.5. The predicted molar refractivity (Wildman–Crippen MR) is 349 cm³/mol. The Hall–Kier alpha value is -0.500. The summed E-state index contributed by atoms with van der Waals surface area (Å²) in [6.45, 7) is 4.80. The second-order valence-electron chi connectivity index (χ2n) is 26.7. The van der Waals surface area contributed by atoms with Gasteiger partial charge in [-0.25, -0.2) is 0 Å². The van der Waals surface area contributed by atoms with Crippen molar-refractivity contribution < 1.29 is 32.9 Å². The molecule has 0 saturated heterocycles. The first-order valence-electron chi connectivity index (χ1n) is 36.4. The number of aliphatic hydroxyl groups is 1. The lowest BCUT2D eigenvalue weighted by Gasteiger charge is -2.30. The molecule has 0 radical (unpaired) electrons. The number of unbranched alkanes of at least 4 members (excludes halogenated alkanes) is 56. The Kier molecular flexibility index (Phi) is 62.6. The van der Waals surface area contributed by atoms with Gasteiger partial charge in [-0.05, 0) is 12.8 Å². The van der Waals surface area contributed by atoms with E-state index in [0.717, 1.165) is 38.5 Å². The molecule has 0 rings (SSSR count). The Balaban J connectivity index is 3.93. The number of rotatable bonds is 69. The highest BCUT2D eigenvalue weighted by molar-refractivity contribution is 7.45. The Morgan fingerprint density at radius 1 is 0.388 bits per heavy atom. The molecular weight excluding hydrogens is 1010 g/mol. The summed E-state index contributed by atoms with van der Waals surface area (Å²) in [5, 5.41) is 14.1. The third-order valence-corrected chi connectivity index (χ3v) is 18.3. The van der Waals surface area contributed by atoms with Crippen LogP contribution in [0.15, 0.2) is 0 Å². The Morgan fingerprint density at radius 2 is 0.613 bits per heavy atom. The number of nitrogens with zero attached hydrogens (tertiary/aromatic N) is 1. The monoisotopic (exact) mass is 1150 g/mol. The van der Waals surface area contributed by atoms with Gasteiger partial charge in [0.2, 0.25) is 5.91 Å². The molecule has 2 N–H and O–H groups in total. The molecule has 1 amide bonds. The number of quaternary nitrogens is 1. The zero-order valence-electron chi connectivity index (χ0n) is 55.1. The predicted octanol–water partition coefficient (Wildman–Crippen LogP) is 22.5. The number of carbonyl (C=O) groups excluding carboxylic acids is 1. The molecule has 0 spiro atoms. The standard InChI is InChI=1S/C71H145N2O6P/c1-6-8-10-12-14-16-18-20-22-24-26-28-30-32-33-34-35-36-37-38-39-40-41-43-45-47-49-51-53-55-57-59-61-63-65-71(75)72-69(68-79-80(76,77)78-67-66-73(3,4)5)70(74)64-62-60-58-56-54-52-50-48-46-44-42-31-29-27-25-23-21-19-17-15-13-11-9-7-2/h69-70,74H,6-68H2,1-5H3,(H-,72,75,76,77).